The standard InChI is InChI=1S/C16H25NO3/c1-16(9-5-6-10-20-16)15(17-2)13-11-12(18-3)7-8-14(13)19-4/h7-8,11,15,17H,5-6,9-10H2,1-4H3. The fourth-order valence-corrected chi connectivity index (χ4v) is 3.04. The van der Waals surface area contributed by atoms with Gasteiger partial charge in [-0.2, -0.15) is 0 Å². The Morgan fingerprint density at radius 3 is 2.60 bits per heavy atom. The number of likely N-dealkylation sites (N-methyl/N-ethyl adjacent to an activating group) is 1. The van der Waals surface area contributed by atoms with Gasteiger partial charge in [0.25, 0.3) is 0 Å². The molecule has 0 bridgehead atoms. The van der Waals surface area contributed by atoms with Crippen LogP contribution < -0.4 is 14.8 Å². The van der Waals surface area contributed by atoms with Crippen molar-refractivity contribution in [3.63, 3.8) is 0 Å². The summed E-state index contributed by atoms with van der Waals surface area (Å²) in [5.74, 6) is 1.70. The van der Waals surface area contributed by atoms with Crippen molar-refractivity contribution in [2.45, 2.75) is 37.8 Å². The maximum Gasteiger partial charge on any atom is 0.124 e. The largest absolute Gasteiger partial charge is 0.497 e. The van der Waals surface area contributed by atoms with E-state index in [1.54, 1.807) is 14.2 Å². The molecule has 0 amide bonds. The lowest BCUT2D eigenvalue weighted by atomic mass is 9.83. The molecule has 1 aliphatic rings. The second-order valence-corrected chi connectivity index (χ2v) is 5.45. The van der Waals surface area contributed by atoms with Crippen molar-refractivity contribution in [3.05, 3.63) is 23.8 Å². The molecule has 20 heavy (non-hydrogen) atoms. The SMILES string of the molecule is CNC(c1cc(OC)ccc1OC)C1(C)CCCCO1. The van der Waals surface area contributed by atoms with E-state index in [-0.39, 0.29) is 11.6 Å². The maximum absolute atomic E-state index is 6.09. The van der Waals surface area contributed by atoms with Crippen LogP contribution in [0.4, 0.5) is 0 Å². The number of methoxy groups -OCH3 is 2. The average Bonchev–Trinajstić information content (AvgIpc) is 2.48. The third kappa shape index (κ3) is 2.91. The van der Waals surface area contributed by atoms with E-state index >= 15 is 0 Å². The summed E-state index contributed by atoms with van der Waals surface area (Å²) in [5.41, 5.74) is 0.867. The van der Waals surface area contributed by atoms with E-state index in [9.17, 15) is 0 Å². The molecule has 2 rings (SSSR count). The quantitative estimate of drug-likeness (QED) is 0.899. The van der Waals surface area contributed by atoms with Crippen LogP contribution in [0.15, 0.2) is 18.2 Å². The molecule has 2 unspecified atom stereocenters. The number of hydrogen-bond acceptors (Lipinski definition) is 4. The third-order valence-electron chi connectivity index (χ3n) is 4.15. The number of nitrogens with one attached hydrogen (secondary N) is 1. The first-order valence-corrected chi connectivity index (χ1v) is 7.18. The fourth-order valence-electron chi connectivity index (χ4n) is 3.04. The molecule has 1 N–H and O–H groups in total. The topological polar surface area (TPSA) is 39.7 Å². The van der Waals surface area contributed by atoms with Crippen LogP contribution in [0, 0.1) is 0 Å². The summed E-state index contributed by atoms with van der Waals surface area (Å²) in [4.78, 5) is 0. The van der Waals surface area contributed by atoms with Gasteiger partial charge in [0.05, 0.1) is 25.9 Å². The molecule has 1 fully saturated rings. The van der Waals surface area contributed by atoms with Crippen molar-refractivity contribution in [3.8, 4) is 11.5 Å². The van der Waals surface area contributed by atoms with Gasteiger partial charge < -0.3 is 19.5 Å². The average molecular weight is 279 g/mol. The van der Waals surface area contributed by atoms with Gasteiger partial charge in [-0.05, 0) is 51.4 Å². The highest BCUT2D eigenvalue weighted by atomic mass is 16.5. The Labute approximate surface area is 121 Å². The Kier molecular flexibility index (Phi) is 4.89. The first-order chi connectivity index (χ1) is 9.64. The summed E-state index contributed by atoms with van der Waals surface area (Å²) < 4.78 is 16.9. The molecule has 1 aliphatic heterocycles. The summed E-state index contributed by atoms with van der Waals surface area (Å²) in [6.07, 6.45) is 3.38. The number of rotatable bonds is 5. The van der Waals surface area contributed by atoms with Gasteiger partial charge in [0.1, 0.15) is 11.5 Å². The molecule has 2 atom stereocenters. The minimum atomic E-state index is -0.216. The molecule has 112 valence electrons. The zero-order valence-corrected chi connectivity index (χ0v) is 12.9. The summed E-state index contributed by atoms with van der Waals surface area (Å²) >= 11 is 0. The number of benzene rings is 1. The van der Waals surface area contributed by atoms with Gasteiger partial charge in [-0.3, -0.25) is 0 Å². The zero-order chi connectivity index (χ0) is 14.6. The molecular weight excluding hydrogens is 254 g/mol. The Morgan fingerprint density at radius 1 is 1.25 bits per heavy atom. The van der Waals surface area contributed by atoms with Gasteiger partial charge in [0.2, 0.25) is 0 Å². The molecule has 1 heterocycles. The third-order valence-corrected chi connectivity index (χ3v) is 4.15. The highest BCUT2D eigenvalue weighted by Gasteiger charge is 2.38. The van der Waals surface area contributed by atoms with Gasteiger partial charge in [-0.25, -0.2) is 0 Å². The molecule has 4 nitrogen and oxygen atoms in total. The lowest BCUT2D eigenvalue weighted by Gasteiger charge is -2.41. The lowest BCUT2D eigenvalue weighted by molar-refractivity contribution is -0.0888. The van der Waals surface area contributed by atoms with Crippen LogP contribution in [0.5, 0.6) is 11.5 Å². The molecule has 4 heteroatoms. The van der Waals surface area contributed by atoms with Crippen LogP contribution in [0.2, 0.25) is 0 Å². The van der Waals surface area contributed by atoms with Crippen LogP contribution in [0.3, 0.4) is 0 Å². The van der Waals surface area contributed by atoms with Crippen molar-refractivity contribution in [1.82, 2.24) is 5.32 Å². The van der Waals surface area contributed by atoms with E-state index in [0.29, 0.717) is 0 Å². The van der Waals surface area contributed by atoms with E-state index in [2.05, 4.69) is 12.2 Å². The van der Waals surface area contributed by atoms with E-state index in [0.717, 1.165) is 36.5 Å². The minimum absolute atomic E-state index is 0.0767. The van der Waals surface area contributed by atoms with Crippen LogP contribution in [0.25, 0.3) is 0 Å². The monoisotopic (exact) mass is 279 g/mol. The first-order valence-electron chi connectivity index (χ1n) is 7.18. The molecule has 1 aromatic carbocycles. The normalized spacial score (nSPS) is 24.2. The van der Waals surface area contributed by atoms with E-state index in [4.69, 9.17) is 14.2 Å². The van der Waals surface area contributed by atoms with Crippen molar-refractivity contribution < 1.29 is 14.2 Å². The molecule has 1 saturated heterocycles. The summed E-state index contributed by atoms with van der Waals surface area (Å²) in [6.45, 7) is 2.99. The predicted molar refractivity (Wildman–Crippen MR) is 79.6 cm³/mol. The van der Waals surface area contributed by atoms with Gasteiger partial charge in [-0.1, -0.05) is 0 Å². The number of hydrogen-bond donors (Lipinski definition) is 1. The van der Waals surface area contributed by atoms with Crippen LogP contribution in [-0.2, 0) is 4.74 Å². The molecule has 1 aromatic rings. The zero-order valence-electron chi connectivity index (χ0n) is 12.9. The molecule has 0 radical (unpaired) electrons. The molecule has 0 aromatic heterocycles. The second kappa shape index (κ2) is 6.46. The van der Waals surface area contributed by atoms with Crippen molar-refractivity contribution >= 4 is 0 Å². The van der Waals surface area contributed by atoms with E-state index in [1.165, 1.54) is 6.42 Å². The van der Waals surface area contributed by atoms with Crippen LogP contribution in [0.1, 0.15) is 37.8 Å². The van der Waals surface area contributed by atoms with E-state index in [1.807, 2.05) is 25.2 Å². The van der Waals surface area contributed by atoms with Gasteiger partial charge >= 0.3 is 0 Å². The summed E-state index contributed by atoms with van der Waals surface area (Å²) in [5, 5.41) is 3.39. The van der Waals surface area contributed by atoms with Gasteiger partial charge in [-0.15, -0.1) is 0 Å². The highest BCUT2D eigenvalue weighted by molar-refractivity contribution is 5.43. The summed E-state index contributed by atoms with van der Waals surface area (Å²) in [6, 6.07) is 5.97. The van der Waals surface area contributed by atoms with E-state index < -0.39 is 0 Å². The Balaban J connectivity index is 2.39. The molecule has 0 saturated carbocycles. The predicted octanol–water partition coefficient (Wildman–Crippen LogP) is 2.92. The van der Waals surface area contributed by atoms with Gasteiger partial charge in [0, 0.05) is 12.2 Å². The molecular formula is C16H25NO3. The van der Waals surface area contributed by atoms with Crippen LogP contribution >= 0.6 is 0 Å². The Bertz CT molecular complexity index is 441. The second-order valence-electron chi connectivity index (χ2n) is 5.45. The lowest BCUT2D eigenvalue weighted by Crippen LogP contribution is -2.45. The fraction of sp³-hybridized carbons (Fsp3) is 0.625. The minimum Gasteiger partial charge on any atom is -0.497 e. The maximum atomic E-state index is 6.09. The Hall–Kier alpha value is -1.26. The van der Waals surface area contributed by atoms with Gasteiger partial charge in [0.15, 0.2) is 0 Å². The van der Waals surface area contributed by atoms with Crippen molar-refractivity contribution in [2.24, 2.45) is 0 Å². The number of ether oxygens (including phenoxy) is 3. The summed E-state index contributed by atoms with van der Waals surface area (Å²) in [7, 11) is 5.34. The van der Waals surface area contributed by atoms with Crippen molar-refractivity contribution in [2.75, 3.05) is 27.9 Å². The molecule has 0 aliphatic carbocycles. The Morgan fingerprint density at radius 2 is 2.05 bits per heavy atom. The van der Waals surface area contributed by atoms with Crippen molar-refractivity contribution in [1.29, 1.82) is 0 Å². The van der Waals surface area contributed by atoms with Crippen LogP contribution in [-0.4, -0.2) is 33.5 Å². The molecule has 0 spiro atoms. The first kappa shape index (κ1) is 15.1. The smallest absolute Gasteiger partial charge is 0.124 e. The highest BCUT2D eigenvalue weighted by Crippen LogP contribution is 2.40.